The first kappa shape index (κ1) is 11.5. The Morgan fingerprint density at radius 3 is 2.78 bits per heavy atom. The number of benzene rings is 1. The van der Waals surface area contributed by atoms with Crippen molar-refractivity contribution < 1.29 is 9.53 Å². The van der Waals surface area contributed by atoms with Crippen LogP contribution in [0.3, 0.4) is 0 Å². The Morgan fingerprint density at radius 1 is 1.33 bits per heavy atom. The Hall–Kier alpha value is -1.57. The molecule has 0 aromatic heterocycles. The molecule has 0 N–H and O–H groups in total. The van der Waals surface area contributed by atoms with Crippen LogP contribution in [0.2, 0.25) is 0 Å². The zero-order chi connectivity index (χ0) is 12.4. The fourth-order valence-corrected chi connectivity index (χ4v) is 3.15. The highest BCUT2D eigenvalue weighted by molar-refractivity contribution is 5.71. The molecule has 2 atom stereocenters. The van der Waals surface area contributed by atoms with Gasteiger partial charge < -0.3 is 4.74 Å². The number of carbonyl (C=O) groups excluding carboxylic acids is 1. The van der Waals surface area contributed by atoms with Crippen molar-refractivity contribution in [3.63, 3.8) is 0 Å². The zero-order valence-corrected chi connectivity index (χ0v) is 10.5. The van der Waals surface area contributed by atoms with E-state index in [9.17, 15) is 4.79 Å². The Bertz CT molecular complexity index is 463. The van der Waals surface area contributed by atoms with Gasteiger partial charge in [0.1, 0.15) is 6.61 Å². The van der Waals surface area contributed by atoms with Gasteiger partial charge in [-0.25, -0.2) is 0 Å². The van der Waals surface area contributed by atoms with Crippen molar-refractivity contribution in [3.8, 4) is 0 Å². The van der Waals surface area contributed by atoms with Crippen molar-refractivity contribution in [1.29, 1.82) is 0 Å². The molecule has 0 aliphatic heterocycles. The summed E-state index contributed by atoms with van der Waals surface area (Å²) in [5.41, 5.74) is 1.17. The Balaban J connectivity index is 1.52. The second kappa shape index (κ2) is 4.60. The van der Waals surface area contributed by atoms with Gasteiger partial charge in [-0.2, -0.15) is 0 Å². The van der Waals surface area contributed by atoms with E-state index in [1.165, 1.54) is 6.42 Å². The van der Waals surface area contributed by atoms with Crippen LogP contribution in [0.15, 0.2) is 42.5 Å². The summed E-state index contributed by atoms with van der Waals surface area (Å²) < 4.78 is 5.36. The summed E-state index contributed by atoms with van der Waals surface area (Å²) in [5.74, 6) is 0.651. The van der Waals surface area contributed by atoms with Crippen LogP contribution in [0.5, 0.6) is 0 Å². The number of hydrogen-bond acceptors (Lipinski definition) is 2. The van der Waals surface area contributed by atoms with Crippen molar-refractivity contribution in [1.82, 2.24) is 0 Å². The smallest absolute Gasteiger partial charge is 0.307 e. The van der Waals surface area contributed by atoms with Gasteiger partial charge in [0, 0.05) is 0 Å². The van der Waals surface area contributed by atoms with E-state index < -0.39 is 0 Å². The van der Waals surface area contributed by atoms with Crippen LogP contribution in [-0.2, 0) is 16.1 Å². The molecule has 2 aliphatic rings. The molecule has 1 aromatic rings. The number of allylic oxidation sites excluding steroid dienone is 2. The molecule has 1 saturated carbocycles. The number of ether oxygens (including phenoxy) is 1. The van der Waals surface area contributed by atoms with Crippen molar-refractivity contribution >= 4 is 5.97 Å². The number of esters is 1. The predicted octanol–water partition coefficient (Wildman–Crippen LogP) is 3.48. The SMILES string of the molecule is O=C(CC12C=CC(CC1)C2)OCc1ccccc1. The van der Waals surface area contributed by atoms with E-state index in [4.69, 9.17) is 4.74 Å². The van der Waals surface area contributed by atoms with Gasteiger partial charge in [-0.15, -0.1) is 0 Å². The number of carbonyl (C=O) groups is 1. The van der Waals surface area contributed by atoms with Crippen LogP contribution in [0.1, 0.15) is 31.2 Å². The standard InChI is InChI=1S/C16H18O2/c17-15(18-12-14-4-2-1-3-5-14)11-16-8-6-13(10-16)7-9-16/h1-6,8,13H,7,9-12H2. The molecule has 0 amide bonds. The molecule has 2 nitrogen and oxygen atoms in total. The summed E-state index contributed by atoms with van der Waals surface area (Å²) in [4.78, 5) is 11.9. The van der Waals surface area contributed by atoms with Crippen molar-refractivity contribution in [2.75, 3.05) is 0 Å². The van der Waals surface area contributed by atoms with Crippen LogP contribution in [0, 0.1) is 11.3 Å². The van der Waals surface area contributed by atoms with Crippen molar-refractivity contribution in [2.45, 2.75) is 32.3 Å². The predicted molar refractivity (Wildman–Crippen MR) is 69.8 cm³/mol. The van der Waals surface area contributed by atoms with Gasteiger partial charge in [0.15, 0.2) is 0 Å². The minimum atomic E-state index is -0.0638. The molecule has 0 radical (unpaired) electrons. The third kappa shape index (κ3) is 2.33. The van der Waals surface area contributed by atoms with Gasteiger partial charge >= 0.3 is 5.97 Å². The molecule has 2 bridgehead atoms. The molecular formula is C16H18O2. The van der Waals surface area contributed by atoms with Crippen LogP contribution in [0.25, 0.3) is 0 Å². The second-order valence-electron chi connectivity index (χ2n) is 5.55. The third-order valence-corrected chi connectivity index (χ3v) is 4.14. The average molecular weight is 242 g/mol. The zero-order valence-electron chi connectivity index (χ0n) is 10.5. The van der Waals surface area contributed by atoms with E-state index in [0.717, 1.165) is 18.4 Å². The Morgan fingerprint density at radius 2 is 2.17 bits per heavy atom. The molecule has 0 heterocycles. The molecule has 2 unspecified atom stereocenters. The molecule has 94 valence electrons. The first-order valence-corrected chi connectivity index (χ1v) is 6.65. The maximum atomic E-state index is 11.9. The maximum absolute atomic E-state index is 11.9. The van der Waals surface area contributed by atoms with E-state index in [1.54, 1.807) is 0 Å². The summed E-state index contributed by atoms with van der Waals surface area (Å²) in [7, 11) is 0. The molecule has 1 fully saturated rings. The quantitative estimate of drug-likeness (QED) is 0.597. The second-order valence-corrected chi connectivity index (χ2v) is 5.55. The highest BCUT2D eigenvalue weighted by Gasteiger charge is 2.42. The van der Waals surface area contributed by atoms with Crippen molar-refractivity contribution in [3.05, 3.63) is 48.0 Å². The number of hydrogen-bond donors (Lipinski definition) is 0. The summed E-state index contributed by atoms with van der Waals surface area (Å²) in [6, 6.07) is 9.85. The lowest BCUT2D eigenvalue weighted by atomic mass is 9.84. The first-order valence-electron chi connectivity index (χ1n) is 6.65. The molecular weight excluding hydrogens is 224 g/mol. The molecule has 18 heavy (non-hydrogen) atoms. The Labute approximate surface area is 108 Å². The molecule has 2 heteroatoms. The summed E-state index contributed by atoms with van der Waals surface area (Å²) in [6.07, 6.45) is 8.59. The topological polar surface area (TPSA) is 26.3 Å². The van der Waals surface area contributed by atoms with Crippen LogP contribution in [0.4, 0.5) is 0 Å². The van der Waals surface area contributed by atoms with E-state index in [-0.39, 0.29) is 11.4 Å². The fraction of sp³-hybridized carbons (Fsp3) is 0.438. The lowest BCUT2D eigenvalue weighted by Gasteiger charge is -2.21. The van der Waals surface area contributed by atoms with Gasteiger partial charge in [-0.1, -0.05) is 42.5 Å². The van der Waals surface area contributed by atoms with Gasteiger partial charge in [0.05, 0.1) is 6.42 Å². The fourth-order valence-electron chi connectivity index (χ4n) is 3.15. The van der Waals surface area contributed by atoms with Gasteiger partial charge in [0.25, 0.3) is 0 Å². The largest absolute Gasteiger partial charge is 0.461 e. The Kier molecular flexibility index (Phi) is 2.94. The van der Waals surface area contributed by atoms with E-state index in [2.05, 4.69) is 12.2 Å². The lowest BCUT2D eigenvalue weighted by Crippen LogP contribution is -2.19. The van der Waals surface area contributed by atoms with E-state index in [1.807, 2.05) is 30.3 Å². The van der Waals surface area contributed by atoms with E-state index >= 15 is 0 Å². The van der Waals surface area contributed by atoms with Gasteiger partial charge in [-0.3, -0.25) is 4.79 Å². The minimum absolute atomic E-state index is 0.0638. The summed E-state index contributed by atoms with van der Waals surface area (Å²) in [6.45, 7) is 0.392. The van der Waals surface area contributed by atoms with Crippen LogP contribution >= 0.6 is 0 Å². The highest BCUT2D eigenvalue weighted by Crippen LogP contribution is 2.51. The maximum Gasteiger partial charge on any atom is 0.307 e. The highest BCUT2D eigenvalue weighted by atomic mass is 16.5. The number of rotatable bonds is 4. The molecule has 0 saturated heterocycles. The molecule has 3 rings (SSSR count). The molecule has 2 aliphatic carbocycles. The first-order chi connectivity index (χ1) is 8.76. The van der Waals surface area contributed by atoms with Crippen LogP contribution < -0.4 is 0 Å². The molecule has 1 aromatic carbocycles. The van der Waals surface area contributed by atoms with E-state index in [0.29, 0.717) is 18.9 Å². The van der Waals surface area contributed by atoms with Crippen LogP contribution in [-0.4, -0.2) is 5.97 Å². The lowest BCUT2D eigenvalue weighted by molar-refractivity contribution is -0.147. The van der Waals surface area contributed by atoms with Gasteiger partial charge in [-0.05, 0) is 36.2 Å². The van der Waals surface area contributed by atoms with Crippen molar-refractivity contribution in [2.24, 2.45) is 11.3 Å². The average Bonchev–Trinajstić information content (AvgIpc) is 2.97. The van der Waals surface area contributed by atoms with Gasteiger partial charge in [0.2, 0.25) is 0 Å². The molecule has 0 spiro atoms. The monoisotopic (exact) mass is 242 g/mol. The summed E-state index contributed by atoms with van der Waals surface area (Å²) >= 11 is 0. The minimum Gasteiger partial charge on any atom is -0.461 e. The number of fused-ring (bicyclic) bond motifs is 2. The normalized spacial score (nSPS) is 28.6. The summed E-state index contributed by atoms with van der Waals surface area (Å²) in [5, 5.41) is 0. The third-order valence-electron chi connectivity index (χ3n) is 4.14.